The number of amides is 3. The summed E-state index contributed by atoms with van der Waals surface area (Å²) >= 11 is 0. The molecule has 1 saturated heterocycles. The van der Waals surface area contributed by atoms with Crippen molar-refractivity contribution in [1.82, 2.24) is 20.4 Å². The second-order valence-electron chi connectivity index (χ2n) is 8.17. The lowest BCUT2D eigenvalue weighted by molar-refractivity contribution is -0.128. The van der Waals surface area contributed by atoms with Crippen LogP contribution < -0.4 is 25.4 Å². The van der Waals surface area contributed by atoms with Crippen LogP contribution in [0.4, 0.5) is 17.2 Å². The van der Waals surface area contributed by atoms with Gasteiger partial charge < -0.3 is 30.3 Å². The summed E-state index contributed by atoms with van der Waals surface area (Å²) in [6, 6.07) is 6.51. The van der Waals surface area contributed by atoms with Crippen LogP contribution in [0.25, 0.3) is 0 Å². The normalized spacial score (nSPS) is 18.8. The van der Waals surface area contributed by atoms with Crippen LogP contribution in [-0.2, 0) is 9.59 Å². The van der Waals surface area contributed by atoms with Crippen molar-refractivity contribution in [2.75, 3.05) is 37.8 Å². The fraction of sp³-hybridized carbons (Fsp3) is 0.435. The van der Waals surface area contributed by atoms with Crippen LogP contribution in [-0.4, -0.2) is 66.1 Å². The van der Waals surface area contributed by atoms with E-state index in [-0.39, 0.29) is 41.0 Å². The fourth-order valence-electron chi connectivity index (χ4n) is 3.70. The van der Waals surface area contributed by atoms with Crippen molar-refractivity contribution < 1.29 is 28.0 Å². The number of methoxy groups -OCH3 is 1. The predicted octanol–water partition coefficient (Wildman–Crippen LogP) is 1.94. The molecule has 0 radical (unpaired) electrons. The van der Waals surface area contributed by atoms with E-state index in [0.29, 0.717) is 36.7 Å². The van der Waals surface area contributed by atoms with Crippen LogP contribution in [0.3, 0.4) is 0 Å². The SMILES string of the molecule is [2H]C([2H])([2H])NC(=O)c1nnc(NC(=O)C2CC2)cc1Nc1cccc(O[C@H]2CCN(C(C)=O)C2)c1OC. The molecule has 4 rings (SSSR count). The van der Waals surface area contributed by atoms with Gasteiger partial charge in [0.1, 0.15) is 6.10 Å². The second-order valence-corrected chi connectivity index (χ2v) is 8.17. The smallest absolute Gasteiger partial charge is 0.273 e. The second kappa shape index (κ2) is 9.94. The number of hydrogen-bond donors (Lipinski definition) is 3. The summed E-state index contributed by atoms with van der Waals surface area (Å²) in [5.41, 5.74) is 0.209. The van der Waals surface area contributed by atoms with Crippen molar-refractivity contribution in [3.63, 3.8) is 0 Å². The van der Waals surface area contributed by atoms with E-state index >= 15 is 0 Å². The van der Waals surface area contributed by atoms with Crippen LogP contribution in [0.2, 0.25) is 0 Å². The number of nitrogens with zero attached hydrogens (tertiary/aromatic N) is 3. The van der Waals surface area contributed by atoms with Crippen molar-refractivity contribution in [3.8, 4) is 11.5 Å². The first-order chi connectivity index (χ1) is 17.5. The van der Waals surface area contributed by atoms with Gasteiger partial charge in [0.15, 0.2) is 23.0 Å². The Hall–Kier alpha value is -3.89. The van der Waals surface area contributed by atoms with Gasteiger partial charge in [0.2, 0.25) is 11.8 Å². The topological polar surface area (TPSA) is 135 Å². The third-order valence-electron chi connectivity index (χ3n) is 5.66. The highest BCUT2D eigenvalue weighted by atomic mass is 16.5. The van der Waals surface area contributed by atoms with Crippen LogP contribution >= 0.6 is 0 Å². The highest BCUT2D eigenvalue weighted by Gasteiger charge is 2.30. The summed E-state index contributed by atoms with van der Waals surface area (Å²) < 4.78 is 33.7. The van der Waals surface area contributed by atoms with Crippen molar-refractivity contribution in [3.05, 3.63) is 30.0 Å². The van der Waals surface area contributed by atoms with E-state index in [4.69, 9.17) is 13.6 Å². The fourth-order valence-corrected chi connectivity index (χ4v) is 3.70. The van der Waals surface area contributed by atoms with Gasteiger partial charge in [-0.1, -0.05) is 6.07 Å². The van der Waals surface area contributed by atoms with Crippen LogP contribution in [0.1, 0.15) is 40.8 Å². The number of likely N-dealkylation sites (tertiary alicyclic amines) is 1. The third kappa shape index (κ3) is 5.19. The Morgan fingerprint density at radius 1 is 1.18 bits per heavy atom. The van der Waals surface area contributed by atoms with E-state index in [0.717, 1.165) is 12.8 Å². The summed E-state index contributed by atoms with van der Waals surface area (Å²) in [6.45, 7) is -0.179. The molecule has 11 heteroatoms. The standard InChI is InChI=1S/C23H28N6O5/c1-13(30)29-10-9-15(12-29)34-18-6-4-5-16(21(18)33-3)25-17-11-19(26-22(31)14-7-8-14)27-28-20(17)23(32)24-2/h4-6,11,14-15H,7-10,12H2,1-3H3,(H,24,32)(H2,25,26,27,31)/t15-/m0/s1/i2D3. The molecule has 1 saturated carbocycles. The summed E-state index contributed by atoms with van der Waals surface area (Å²) in [7, 11) is 1.46. The maximum atomic E-state index is 12.7. The van der Waals surface area contributed by atoms with E-state index in [2.05, 4.69) is 20.8 Å². The van der Waals surface area contributed by atoms with Gasteiger partial charge in [-0.15, -0.1) is 10.2 Å². The molecule has 34 heavy (non-hydrogen) atoms. The van der Waals surface area contributed by atoms with E-state index in [1.807, 2.05) is 5.32 Å². The number of ether oxygens (including phenoxy) is 2. The highest BCUT2D eigenvalue weighted by Crippen LogP contribution is 2.38. The zero-order chi connectivity index (χ0) is 26.7. The molecule has 3 amide bonds. The highest BCUT2D eigenvalue weighted by molar-refractivity contribution is 5.99. The largest absolute Gasteiger partial charge is 0.491 e. The minimum Gasteiger partial charge on any atom is -0.491 e. The molecule has 1 aromatic heterocycles. The van der Waals surface area contributed by atoms with Gasteiger partial charge in [-0.25, -0.2) is 0 Å². The Labute approximate surface area is 201 Å². The van der Waals surface area contributed by atoms with Crippen molar-refractivity contribution in [2.45, 2.75) is 32.3 Å². The summed E-state index contributed by atoms with van der Waals surface area (Å²) in [5, 5.41) is 15.4. The summed E-state index contributed by atoms with van der Waals surface area (Å²) in [4.78, 5) is 38.3. The van der Waals surface area contributed by atoms with Gasteiger partial charge in [0.25, 0.3) is 5.91 Å². The molecule has 3 N–H and O–H groups in total. The molecule has 0 bridgehead atoms. The van der Waals surface area contributed by atoms with Crippen molar-refractivity contribution in [2.24, 2.45) is 5.92 Å². The molecule has 0 spiro atoms. The minimum atomic E-state index is -2.74. The molecule has 180 valence electrons. The molecule has 1 atom stereocenters. The zero-order valence-corrected chi connectivity index (χ0v) is 18.9. The number of benzene rings is 1. The van der Waals surface area contributed by atoms with Crippen molar-refractivity contribution in [1.29, 1.82) is 0 Å². The quantitative estimate of drug-likeness (QED) is 0.532. The van der Waals surface area contributed by atoms with Gasteiger partial charge in [0.05, 0.1) is 25.0 Å². The zero-order valence-electron chi connectivity index (χ0n) is 21.9. The minimum absolute atomic E-state index is 0.0221. The number of carbonyl (C=O) groups is 3. The molecule has 1 aromatic carbocycles. The number of nitrogens with one attached hydrogen (secondary N) is 3. The molecular weight excluding hydrogens is 440 g/mol. The lowest BCUT2D eigenvalue weighted by atomic mass is 10.2. The molecule has 2 aromatic rings. The van der Waals surface area contributed by atoms with Crippen LogP contribution in [0, 0.1) is 5.92 Å². The Bertz CT molecular complexity index is 1200. The maximum Gasteiger partial charge on any atom is 0.273 e. The Kier molecular flexibility index (Phi) is 5.72. The van der Waals surface area contributed by atoms with E-state index < -0.39 is 12.9 Å². The molecule has 0 unspecified atom stereocenters. The van der Waals surface area contributed by atoms with Crippen LogP contribution in [0.5, 0.6) is 11.5 Å². The Balaban J connectivity index is 1.62. The molecule has 11 nitrogen and oxygen atoms in total. The predicted molar refractivity (Wildman–Crippen MR) is 124 cm³/mol. The first-order valence-electron chi connectivity index (χ1n) is 12.4. The van der Waals surface area contributed by atoms with Gasteiger partial charge in [-0.05, 0) is 25.0 Å². The third-order valence-corrected chi connectivity index (χ3v) is 5.66. The van der Waals surface area contributed by atoms with E-state index in [9.17, 15) is 14.4 Å². The molecule has 2 fully saturated rings. The Morgan fingerprint density at radius 3 is 2.68 bits per heavy atom. The number of rotatable bonds is 8. The molecule has 2 aliphatic rings. The first-order valence-corrected chi connectivity index (χ1v) is 10.9. The van der Waals surface area contributed by atoms with Gasteiger partial charge in [0, 0.05) is 43.0 Å². The van der Waals surface area contributed by atoms with E-state index in [1.54, 1.807) is 23.1 Å². The van der Waals surface area contributed by atoms with Gasteiger partial charge >= 0.3 is 0 Å². The number of para-hydroxylation sites is 1. The Morgan fingerprint density at radius 2 is 2.00 bits per heavy atom. The molecule has 1 aliphatic heterocycles. The van der Waals surface area contributed by atoms with Gasteiger partial charge in [-0.3, -0.25) is 14.4 Å². The average Bonchev–Trinajstić information content (AvgIpc) is 3.57. The lowest BCUT2D eigenvalue weighted by Gasteiger charge is -2.20. The summed E-state index contributed by atoms with van der Waals surface area (Å²) in [5.74, 6) is -0.439. The molecule has 1 aliphatic carbocycles. The monoisotopic (exact) mass is 471 g/mol. The number of anilines is 3. The maximum absolute atomic E-state index is 12.7. The number of aromatic nitrogens is 2. The van der Waals surface area contributed by atoms with Gasteiger partial charge in [-0.2, -0.15) is 0 Å². The first kappa shape index (κ1) is 19.6. The average molecular weight is 472 g/mol. The summed E-state index contributed by atoms with van der Waals surface area (Å²) in [6.07, 6.45) is 2.02. The number of carbonyl (C=O) groups excluding carboxylic acids is 3. The van der Waals surface area contributed by atoms with Crippen molar-refractivity contribution >= 4 is 34.9 Å². The van der Waals surface area contributed by atoms with E-state index in [1.165, 1.54) is 20.1 Å². The lowest BCUT2D eigenvalue weighted by Crippen LogP contribution is -2.28. The van der Waals surface area contributed by atoms with Crippen LogP contribution in [0.15, 0.2) is 24.3 Å². The molecular formula is C23H28N6O5. The molecule has 2 heterocycles. The number of hydrogen-bond acceptors (Lipinski definition) is 8.